The van der Waals surface area contributed by atoms with E-state index in [1.165, 1.54) is 6.07 Å². The highest BCUT2D eigenvalue weighted by atomic mass is 127. The van der Waals surface area contributed by atoms with Crippen LogP contribution in [0.3, 0.4) is 0 Å². The van der Waals surface area contributed by atoms with Crippen molar-refractivity contribution >= 4 is 35.8 Å². The minimum absolute atomic E-state index is 0. The maximum absolute atomic E-state index is 12.8. The third-order valence-electron chi connectivity index (χ3n) is 4.38. The Morgan fingerprint density at radius 2 is 1.93 bits per heavy atom. The number of amides is 1. The van der Waals surface area contributed by atoms with Crippen molar-refractivity contribution in [3.05, 3.63) is 35.4 Å². The Labute approximate surface area is 181 Å². The lowest BCUT2D eigenvalue weighted by Gasteiger charge is -2.14. The summed E-state index contributed by atoms with van der Waals surface area (Å²) >= 11 is 0. The van der Waals surface area contributed by atoms with Crippen molar-refractivity contribution in [2.24, 2.45) is 4.99 Å². The van der Waals surface area contributed by atoms with Crippen LogP contribution in [0.15, 0.2) is 29.3 Å². The van der Waals surface area contributed by atoms with Crippen LogP contribution in [0.5, 0.6) is 0 Å². The van der Waals surface area contributed by atoms with Crippen molar-refractivity contribution < 1.29 is 18.0 Å². The molecule has 1 amide bonds. The number of carbonyl (C=O) groups is 1. The van der Waals surface area contributed by atoms with Gasteiger partial charge in [0.2, 0.25) is 5.91 Å². The number of hydrogen-bond donors (Lipinski definition) is 3. The summed E-state index contributed by atoms with van der Waals surface area (Å²) in [6.45, 7) is 3.04. The largest absolute Gasteiger partial charge is 0.416 e. The van der Waals surface area contributed by atoms with Gasteiger partial charge in [-0.05, 0) is 37.5 Å². The molecule has 0 spiro atoms. The van der Waals surface area contributed by atoms with E-state index in [9.17, 15) is 18.0 Å². The van der Waals surface area contributed by atoms with Crippen molar-refractivity contribution in [3.8, 4) is 0 Å². The first-order valence-electron chi connectivity index (χ1n) is 9.36. The highest BCUT2D eigenvalue weighted by Crippen LogP contribution is 2.29. The number of halogens is 4. The molecule has 0 radical (unpaired) electrons. The van der Waals surface area contributed by atoms with Gasteiger partial charge in [0, 0.05) is 25.6 Å². The Kier molecular flexibility index (Phi) is 10.6. The highest BCUT2D eigenvalue weighted by Gasteiger charge is 2.30. The first-order chi connectivity index (χ1) is 12.9. The van der Waals surface area contributed by atoms with Gasteiger partial charge in [0.15, 0.2) is 5.96 Å². The molecule has 1 saturated carbocycles. The molecule has 1 aromatic carbocycles. The monoisotopic (exact) mass is 512 g/mol. The molecule has 0 atom stereocenters. The van der Waals surface area contributed by atoms with Crippen molar-refractivity contribution in [3.63, 3.8) is 0 Å². The molecule has 0 unspecified atom stereocenters. The van der Waals surface area contributed by atoms with Crippen LogP contribution in [0.25, 0.3) is 0 Å². The molecule has 1 aromatic rings. The third kappa shape index (κ3) is 8.66. The average molecular weight is 512 g/mol. The van der Waals surface area contributed by atoms with E-state index in [1.54, 1.807) is 6.07 Å². The van der Waals surface area contributed by atoms with Crippen molar-refractivity contribution in [1.29, 1.82) is 0 Å². The molecule has 1 aliphatic rings. The molecule has 0 aliphatic heterocycles. The van der Waals surface area contributed by atoms with E-state index < -0.39 is 11.7 Å². The van der Waals surface area contributed by atoms with Crippen LogP contribution in [0, 0.1) is 0 Å². The fourth-order valence-electron chi connectivity index (χ4n) is 3.02. The zero-order chi connectivity index (χ0) is 19.7. The predicted molar refractivity (Wildman–Crippen MR) is 115 cm³/mol. The van der Waals surface area contributed by atoms with Gasteiger partial charge in [0.25, 0.3) is 0 Å². The minimum atomic E-state index is -4.37. The van der Waals surface area contributed by atoms with Crippen LogP contribution >= 0.6 is 24.0 Å². The summed E-state index contributed by atoms with van der Waals surface area (Å²) in [5, 5.41) is 9.09. The van der Waals surface area contributed by atoms with E-state index in [2.05, 4.69) is 20.9 Å². The zero-order valence-corrected chi connectivity index (χ0v) is 18.3. The smallest absolute Gasteiger partial charge is 0.357 e. The van der Waals surface area contributed by atoms with Gasteiger partial charge in [-0.1, -0.05) is 25.0 Å². The number of benzene rings is 1. The first-order valence-corrected chi connectivity index (χ1v) is 9.36. The second kappa shape index (κ2) is 12.1. The maximum Gasteiger partial charge on any atom is 0.416 e. The minimum Gasteiger partial charge on any atom is -0.357 e. The number of carbonyl (C=O) groups excluding carboxylic acids is 1. The number of nitrogens with zero attached hydrogens (tertiary/aromatic N) is 1. The summed E-state index contributed by atoms with van der Waals surface area (Å²) in [4.78, 5) is 16.2. The number of nitrogens with one attached hydrogen (secondary N) is 3. The Balaban J connectivity index is 0.00000392. The summed E-state index contributed by atoms with van der Waals surface area (Å²) < 4.78 is 38.3. The maximum atomic E-state index is 12.8. The molecule has 1 fully saturated rings. The lowest BCUT2D eigenvalue weighted by molar-refractivity contribution is -0.137. The second-order valence-electron chi connectivity index (χ2n) is 6.62. The Bertz CT molecular complexity index is 646. The first kappa shape index (κ1) is 24.5. The zero-order valence-electron chi connectivity index (χ0n) is 15.9. The number of alkyl halides is 3. The van der Waals surface area contributed by atoms with E-state index in [1.807, 2.05) is 6.92 Å². The van der Waals surface area contributed by atoms with Gasteiger partial charge in [0.1, 0.15) is 0 Å². The molecule has 158 valence electrons. The quantitative estimate of drug-likeness (QED) is 0.296. The van der Waals surface area contributed by atoms with Gasteiger partial charge in [0.05, 0.1) is 12.1 Å². The molecule has 28 heavy (non-hydrogen) atoms. The topological polar surface area (TPSA) is 65.5 Å². The molecule has 0 aromatic heterocycles. The average Bonchev–Trinajstić information content (AvgIpc) is 3.12. The van der Waals surface area contributed by atoms with E-state index in [0.717, 1.165) is 37.8 Å². The lowest BCUT2D eigenvalue weighted by Crippen LogP contribution is -2.40. The van der Waals surface area contributed by atoms with Crippen molar-refractivity contribution in [2.75, 3.05) is 13.1 Å². The van der Waals surface area contributed by atoms with Crippen molar-refractivity contribution in [2.45, 2.75) is 57.8 Å². The Hall–Kier alpha value is -1.52. The lowest BCUT2D eigenvalue weighted by atomic mass is 10.1. The van der Waals surface area contributed by atoms with Gasteiger partial charge in [-0.3, -0.25) is 4.79 Å². The van der Waals surface area contributed by atoms with E-state index in [0.29, 0.717) is 37.1 Å². The summed E-state index contributed by atoms with van der Waals surface area (Å²) in [5.74, 6) is 0.478. The van der Waals surface area contributed by atoms with Crippen LogP contribution in [0.2, 0.25) is 0 Å². The van der Waals surface area contributed by atoms with Crippen LogP contribution < -0.4 is 16.0 Å². The van der Waals surface area contributed by atoms with Crippen LogP contribution in [-0.4, -0.2) is 31.0 Å². The number of hydrogen-bond acceptors (Lipinski definition) is 2. The van der Waals surface area contributed by atoms with Crippen molar-refractivity contribution in [1.82, 2.24) is 16.0 Å². The van der Waals surface area contributed by atoms with Gasteiger partial charge >= 0.3 is 6.18 Å². The fourth-order valence-corrected chi connectivity index (χ4v) is 3.02. The molecule has 2 rings (SSSR count). The number of aliphatic imine (C=N–C) groups is 1. The summed E-state index contributed by atoms with van der Waals surface area (Å²) in [6, 6.07) is 5.42. The second-order valence-corrected chi connectivity index (χ2v) is 6.62. The third-order valence-corrected chi connectivity index (χ3v) is 4.38. The molecule has 3 N–H and O–H groups in total. The molecule has 0 saturated heterocycles. The fraction of sp³-hybridized carbons (Fsp3) is 0.579. The van der Waals surface area contributed by atoms with Crippen LogP contribution in [0.1, 0.15) is 50.2 Å². The van der Waals surface area contributed by atoms with Gasteiger partial charge in [-0.25, -0.2) is 4.99 Å². The van der Waals surface area contributed by atoms with Gasteiger partial charge < -0.3 is 16.0 Å². The molecular weight excluding hydrogens is 484 g/mol. The van der Waals surface area contributed by atoms with Gasteiger partial charge in [-0.15, -0.1) is 24.0 Å². The molecule has 9 heteroatoms. The predicted octanol–water partition coefficient (Wildman–Crippen LogP) is 3.83. The molecule has 0 bridgehead atoms. The summed E-state index contributed by atoms with van der Waals surface area (Å²) in [5.41, 5.74) is -0.210. The number of rotatable bonds is 7. The standard InChI is InChI=1S/C19H27F3N4O.HI/c1-2-23-18(24-11-10-17(27)26-16-8-3-4-9-16)25-13-14-6-5-7-15(12-14)19(20,21)22;/h5-7,12,16H,2-4,8-11,13H2,1H3,(H,26,27)(H2,23,24,25);1H. The van der Waals surface area contributed by atoms with Crippen LogP contribution in [-0.2, 0) is 17.5 Å². The molecule has 5 nitrogen and oxygen atoms in total. The Morgan fingerprint density at radius 3 is 2.57 bits per heavy atom. The Morgan fingerprint density at radius 1 is 1.21 bits per heavy atom. The summed E-state index contributed by atoms with van der Waals surface area (Å²) in [6.07, 6.45) is 0.367. The molecule has 0 heterocycles. The normalized spacial score (nSPS) is 15.1. The van der Waals surface area contributed by atoms with Gasteiger partial charge in [-0.2, -0.15) is 13.2 Å². The van der Waals surface area contributed by atoms with E-state index in [4.69, 9.17) is 0 Å². The number of guanidine groups is 1. The summed E-state index contributed by atoms with van der Waals surface area (Å²) in [7, 11) is 0. The molecule has 1 aliphatic carbocycles. The molecular formula is C19H28F3IN4O. The highest BCUT2D eigenvalue weighted by molar-refractivity contribution is 14.0. The van der Waals surface area contributed by atoms with E-state index >= 15 is 0 Å². The van der Waals surface area contributed by atoms with Crippen LogP contribution in [0.4, 0.5) is 13.2 Å². The van der Waals surface area contributed by atoms with E-state index in [-0.39, 0.29) is 36.4 Å². The SMILES string of the molecule is CCNC(=NCc1cccc(C(F)(F)F)c1)NCCC(=O)NC1CCCC1.I.